The second-order valence-corrected chi connectivity index (χ2v) is 7.24. The van der Waals surface area contributed by atoms with E-state index in [2.05, 4.69) is 10.6 Å². The fraction of sp³-hybridized carbons (Fsp3) is 0.600. The Bertz CT molecular complexity index is 587. The predicted octanol–water partition coefficient (Wildman–Crippen LogP) is 2.74. The quantitative estimate of drug-likeness (QED) is 0.884. The van der Waals surface area contributed by atoms with Crippen molar-refractivity contribution in [3.8, 4) is 0 Å². The molecule has 1 atom stereocenters. The minimum atomic E-state index is -0.152. The first-order valence-electron chi connectivity index (χ1n) is 9.55. The maximum absolute atomic E-state index is 12.6. The average molecular weight is 343 g/mol. The zero-order valence-corrected chi connectivity index (χ0v) is 15.1. The highest BCUT2D eigenvalue weighted by atomic mass is 16.2. The van der Waals surface area contributed by atoms with E-state index in [1.807, 2.05) is 36.1 Å². The van der Waals surface area contributed by atoms with Crippen molar-refractivity contribution in [1.29, 1.82) is 0 Å². The molecule has 0 radical (unpaired) electrons. The van der Waals surface area contributed by atoms with Gasteiger partial charge >= 0.3 is 0 Å². The van der Waals surface area contributed by atoms with Crippen LogP contribution in [-0.4, -0.2) is 42.9 Å². The van der Waals surface area contributed by atoms with Crippen molar-refractivity contribution < 1.29 is 9.59 Å². The summed E-state index contributed by atoms with van der Waals surface area (Å²) >= 11 is 0. The number of nitrogens with one attached hydrogen (secondary N) is 2. The predicted molar refractivity (Wildman–Crippen MR) is 99.5 cm³/mol. The number of piperazine rings is 1. The second kappa shape index (κ2) is 8.48. The lowest BCUT2D eigenvalue weighted by Crippen LogP contribution is -2.47. The molecular weight excluding hydrogens is 314 g/mol. The first-order chi connectivity index (χ1) is 12.1. The highest BCUT2D eigenvalue weighted by Gasteiger charge is 2.24. The largest absolute Gasteiger partial charge is 0.340 e. The van der Waals surface area contributed by atoms with Crippen molar-refractivity contribution in [2.75, 3.05) is 31.5 Å². The highest BCUT2D eigenvalue weighted by molar-refractivity contribution is 5.92. The molecule has 3 rings (SSSR count). The Balaban J connectivity index is 1.57. The van der Waals surface area contributed by atoms with Gasteiger partial charge < -0.3 is 15.5 Å². The standard InChI is InChI=1S/C20H29N3O2/c1-15(20(25)23-13-11-21-12-14-23)16-7-9-18(10-8-16)22-19(24)17-5-3-2-4-6-17/h7-10,15,17,21H,2-6,11-14H2,1H3,(H,22,24). The van der Waals surface area contributed by atoms with Gasteiger partial charge in [0, 0.05) is 37.8 Å². The van der Waals surface area contributed by atoms with Crippen molar-refractivity contribution >= 4 is 17.5 Å². The molecule has 0 bridgehead atoms. The summed E-state index contributed by atoms with van der Waals surface area (Å²) in [5, 5.41) is 6.29. The molecule has 5 heteroatoms. The zero-order chi connectivity index (χ0) is 17.6. The van der Waals surface area contributed by atoms with E-state index in [1.165, 1.54) is 6.42 Å². The molecular formula is C20H29N3O2. The molecule has 0 aromatic heterocycles. The summed E-state index contributed by atoms with van der Waals surface area (Å²) < 4.78 is 0. The van der Waals surface area contributed by atoms with E-state index >= 15 is 0 Å². The number of nitrogens with zero attached hydrogens (tertiary/aromatic N) is 1. The summed E-state index contributed by atoms with van der Waals surface area (Å²) in [6.45, 7) is 5.24. The molecule has 2 aliphatic rings. The molecule has 2 fully saturated rings. The van der Waals surface area contributed by atoms with Gasteiger partial charge in [0.1, 0.15) is 0 Å². The van der Waals surface area contributed by atoms with E-state index in [9.17, 15) is 9.59 Å². The van der Waals surface area contributed by atoms with Gasteiger partial charge in [-0.25, -0.2) is 0 Å². The Kier molecular flexibility index (Phi) is 6.08. The first kappa shape index (κ1) is 17.9. The molecule has 0 spiro atoms. The Hall–Kier alpha value is -1.88. The SMILES string of the molecule is CC(C(=O)N1CCNCC1)c1ccc(NC(=O)C2CCCCC2)cc1. The van der Waals surface area contributed by atoms with Gasteiger partial charge in [0.25, 0.3) is 0 Å². The van der Waals surface area contributed by atoms with E-state index in [4.69, 9.17) is 0 Å². The topological polar surface area (TPSA) is 61.4 Å². The van der Waals surface area contributed by atoms with E-state index in [1.54, 1.807) is 0 Å². The lowest BCUT2D eigenvalue weighted by atomic mass is 9.88. The van der Waals surface area contributed by atoms with Crippen molar-refractivity contribution in [1.82, 2.24) is 10.2 Å². The van der Waals surface area contributed by atoms with Crippen LogP contribution < -0.4 is 10.6 Å². The molecule has 1 unspecified atom stereocenters. The van der Waals surface area contributed by atoms with Crippen LogP contribution in [0.5, 0.6) is 0 Å². The first-order valence-corrected chi connectivity index (χ1v) is 9.55. The molecule has 1 aliphatic carbocycles. The number of benzene rings is 1. The Morgan fingerprint density at radius 3 is 2.36 bits per heavy atom. The molecule has 1 saturated heterocycles. The van der Waals surface area contributed by atoms with Crippen LogP contribution in [0.2, 0.25) is 0 Å². The van der Waals surface area contributed by atoms with Crippen molar-refractivity contribution in [3.63, 3.8) is 0 Å². The minimum Gasteiger partial charge on any atom is -0.340 e. The van der Waals surface area contributed by atoms with Gasteiger partial charge in [0.05, 0.1) is 5.92 Å². The summed E-state index contributed by atoms with van der Waals surface area (Å²) in [4.78, 5) is 26.8. The third-order valence-electron chi connectivity index (χ3n) is 5.45. The third kappa shape index (κ3) is 4.60. The fourth-order valence-electron chi connectivity index (χ4n) is 3.77. The molecule has 1 aromatic rings. The van der Waals surface area contributed by atoms with Crippen LogP contribution in [0.25, 0.3) is 0 Å². The van der Waals surface area contributed by atoms with Gasteiger partial charge in [0.15, 0.2) is 0 Å². The molecule has 1 saturated carbocycles. The van der Waals surface area contributed by atoms with Gasteiger partial charge in [-0.3, -0.25) is 9.59 Å². The average Bonchev–Trinajstić information content (AvgIpc) is 2.69. The van der Waals surface area contributed by atoms with E-state index in [-0.39, 0.29) is 23.7 Å². The maximum Gasteiger partial charge on any atom is 0.229 e. The van der Waals surface area contributed by atoms with Gasteiger partial charge in [-0.2, -0.15) is 0 Å². The third-order valence-corrected chi connectivity index (χ3v) is 5.45. The summed E-state index contributed by atoms with van der Waals surface area (Å²) in [7, 11) is 0. The van der Waals surface area contributed by atoms with Crippen LogP contribution in [-0.2, 0) is 9.59 Å². The van der Waals surface area contributed by atoms with Crippen LogP contribution in [0, 0.1) is 5.92 Å². The van der Waals surface area contributed by atoms with Crippen molar-refractivity contribution in [3.05, 3.63) is 29.8 Å². The number of hydrogen-bond donors (Lipinski definition) is 2. The zero-order valence-electron chi connectivity index (χ0n) is 15.1. The van der Waals surface area contributed by atoms with Crippen molar-refractivity contribution in [2.45, 2.75) is 44.9 Å². The van der Waals surface area contributed by atoms with Gasteiger partial charge in [-0.1, -0.05) is 31.4 Å². The van der Waals surface area contributed by atoms with E-state index in [0.717, 1.165) is 63.1 Å². The van der Waals surface area contributed by atoms with Crippen LogP contribution in [0.1, 0.15) is 50.5 Å². The van der Waals surface area contributed by atoms with Gasteiger partial charge in [-0.15, -0.1) is 0 Å². The number of rotatable bonds is 4. The fourth-order valence-corrected chi connectivity index (χ4v) is 3.77. The summed E-state index contributed by atoms with van der Waals surface area (Å²) in [5.41, 5.74) is 1.82. The molecule has 2 N–H and O–H groups in total. The Labute approximate surface area is 150 Å². The Morgan fingerprint density at radius 2 is 1.72 bits per heavy atom. The monoisotopic (exact) mass is 343 g/mol. The number of hydrogen-bond acceptors (Lipinski definition) is 3. The number of anilines is 1. The van der Waals surface area contributed by atoms with Gasteiger partial charge in [0.2, 0.25) is 11.8 Å². The smallest absolute Gasteiger partial charge is 0.229 e. The van der Waals surface area contributed by atoms with Gasteiger partial charge in [-0.05, 0) is 37.5 Å². The van der Waals surface area contributed by atoms with Crippen LogP contribution in [0.4, 0.5) is 5.69 Å². The number of carbonyl (C=O) groups excluding carboxylic acids is 2. The summed E-state index contributed by atoms with van der Waals surface area (Å²) in [5.74, 6) is 0.320. The van der Waals surface area contributed by atoms with Crippen molar-refractivity contribution in [2.24, 2.45) is 5.92 Å². The van der Waals surface area contributed by atoms with E-state index in [0.29, 0.717) is 0 Å². The van der Waals surface area contributed by atoms with E-state index < -0.39 is 0 Å². The highest BCUT2D eigenvalue weighted by Crippen LogP contribution is 2.26. The number of carbonyl (C=O) groups is 2. The molecule has 5 nitrogen and oxygen atoms in total. The maximum atomic E-state index is 12.6. The summed E-state index contributed by atoms with van der Waals surface area (Å²) in [6, 6.07) is 7.75. The van der Waals surface area contributed by atoms with Crippen LogP contribution in [0.3, 0.4) is 0 Å². The minimum absolute atomic E-state index is 0.136. The normalized spacial score (nSPS) is 20.1. The lowest BCUT2D eigenvalue weighted by Gasteiger charge is -2.30. The second-order valence-electron chi connectivity index (χ2n) is 7.24. The molecule has 136 valence electrons. The van der Waals surface area contributed by atoms with Crippen LogP contribution >= 0.6 is 0 Å². The molecule has 25 heavy (non-hydrogen) atoms. The number of amides is 2. The lowest BCUT2D eigenvalue weighted by molar-refractivity contribution is -0.133. The van der Waals surface area contributed by atoms with Crippen LogP contribution in [0.15, 0.2) is 24.3 Å². The Morgan fingerprint density at radius 1 is 1.08 bits per heavy atom. The molecule has 1 aliphatic heterocycles. The molecule has 1 heterocycles. The molecule has 1 aromatic carbocycles. The molecule has 2 amide bonds. The summed E-state index contributed by atoms with van der Waals surface area (Å²) in [6.07, 6.45) is 5.56.